The van der Waals surface area contributed by atoms with E-state index in [9.17, 15) is 13.2 Å². The molecule has 5 aromatic rings. The van der Waals surface area contributed by atoms with Crippen LogP contribution < -0.4 is 20.1 Å². The summed E-state index contributed by atoms with van der Waals surface area (Å²) >= 11 is 6.25. The van der Waals surface area contributed by atoms with Gasteiger partial charge in [-0.15, -0.1) is 0 Å². The number of fused-ring (bicyclic) bond motifs is 1. The maximum absolute atomic E-state index is 13.8. The molecule has 232 valence electrons. The highest BCUT2D eigenvalue weighted by atomic mass is 35.5. The second-order valence-electron chi connectivity index (χ2n) is 10.2. The Labute approximate surface area is 267 Å². The lowest BCUT2D eigenvalue weighted by Crippen LogP contribution is -2.37. The quantitative estimate of drug-likeness (QED) is 0.140. The van der Waals surface area contributed by atoms with Gasteiger partial charge in [0, 0.05) is 47.8 Å². The standard InChI is InChI=1S/C34H33ClN4O5S/c1-24-22-32(29-23-25(35)12-17-30(29)37-24)36-19-21-39(45(41,42)28-15-13-26(43-2)14-16-28)20-18-34(40)38-31-10-6-7-11-33(31)44-27-8-4-3-5-9-27/h3-17,22-23H,18-21H2,1-2H3,(H,36,37)(H,38,40). The van der Waals surface area contributed by atoms with Crippen LogP contribution in [0.3, 0.4) is 0 Å². The average Bonchev–Trinajstić information content (AvgIpc) is 3.04. The van der Waals surface area contributed by atoms with Crippen molar-refractivity contribution in [2.24, 2.45) is 0 Å². The molecule has 0 aliphatic carbocycles. The molecule has 45 heavy (non-hydrogen) atoms. The summed E-state index contributed by atoms with van der Waals surface area (Å²) in [7, 11) is -2.44. The molecule has 0 saturated heterocycles. The van der Waals surface area contributed by atoms with Crippen molar-refractivity contribution in [2.75, 3.05) is 37.4 Å². The van der Waals surface area contributed by atoms with Gasteiger partial charge in [0.2, 0.25) is 15.9 Å². The monoisotopic (exact) mass is 644 g/mol. The maximum atomic E-state index is 13.8. The molecule has 0 spiro atoms. The first-order valence-electron chi connectivity index (χ1n) is 14.3. The van der Waals surface area contributed by atoms with Crippen molar-refractivity contribution in [1.82, 2.24) is 9.29 Å². The molecule has 0 saturated carbocycles. The van der Waals surface area contributed by atoms with E-state index in [0.717, 1.165) is 22.3 Å². The van der Waals surface area contributed by atoms with Gasteiger partial charge in [-0.2, -0.15) is 4.31 Å². The van der Waals surface area contributed by atoms with Gasteiger partial charge >= 0.3 is 0 Å². The van der Waals surface area contributed by atoms with Gasteiger partial charge in [-0.3, -0.25) is 9.78 Å². The fraction of sp³-hybridized carbons (Fsp3) is 0.176. The van der Waals surface area contributed by atoms with E-state index in [-0.39, 0.29) is 36.9 Å². The van der Waals surface area contributed by atoms with Crippen molar-refractivity contribution in [1.29, 1.82) is 0 Å². The molecule has 9 nitrogen and oxygen atoms in total. The van der Waals surface area contributed by atoms with Gasteiger partial charge in [0.1, 0.15) is 11.5 Å². The highest BCUT2D eigenvalue weighted by Crippen LogP contribution is 2.30. The molecule has 4 aromatic carbocycles. The highest BCUT2D eigenvalue weighted by Gasteiger charge is 2.25. The molecule has 0 bridgehead atoms. The number of hydrogen-bond donors (Lipinski definition) is 2. The van der Waals surface area contributed by atoms with Crippen molar-refractivity contribution < 1.29 is 22.7 Å². The fourth-order valence-electron chi connectivity index (χ4n) is 4.75. The molecule has 0 aliphatic heterocycles. The third-order valence-electron chi connectivity index (χ3n) is 6.99. The molecule has 0 radical (unpaired) electrons. The zero-order valence-electron chi connectivity index (χ0n) is 24.9. The van der Waals surface area contributed by atoms with E-state index in [1.54, 1.807) is 36.4 Å². The van der Waals surface area contributed by atoms with E-state index in [1.165, 1.54) is 23.5 Å². The van der Waals surface area contributed by atoms with E-state index in [1.807, 2.05) is 61.5 Å². The van der Waals surface area contributed by atoms with E-state index >= 15 is 0 Å². The van der Waals surface area contributed by atoms with Crippen LogP contribution in [0.5, 0.6) is 17.2 Å². The minimum atomic E-state index is -3.96. The maximum Gasteiger partial charge on any atom is 0.243 e. The number of ether oxygens (including phenoxy) is 2. The van der Waals surface area contributed by atoms with Crippen LogP contribution in [0.15, 0.2) is 108 Å². The first kappa shape index (κ1) is 31.8. The lowest BCUT2D eigenvalue weighted by atomic mass is 10.1. The summed E-state index contributed by atoms with van der Waals surface area (Å²) in [6, 6.07) is 29.8. The Bertz CT molecular complexity index is 1890. The highest BCUT2D eigenvalue weighted by molar-refractivity contribution is 7.89. The summed E-state index contributed by atoms with van der Waals surface area (Å²) < 4.78 is 40.0. The van der Waals surface area contributed by atoms with Crippen molar-refractivity contribution in [3.8, 4) is 17.2 Å². The number of pyridine rings is 1. The number of nitrogens with one attached hydrogen (secondary N) is 2. The van der Waals surface area contributed by atoms with Crippen molar-refractivity contribution >= 4 is 49.8 Å². The third-order valence-corrected chi connectivity index (χ3v) is 9.14. The number of carbonyl (C=O) groups excluding carboxylic acids is 1. The summed E-state index contributed by atoms with van der Waals surface area (Å²) in [6.45, 7) is 2.21. The normalized spacial score (nSPS) is 11.4. The topological polar surface area (TPSA) is 110 Å². The van der Waals surface area contributed by atoms with E-state index < -0.39 is 10.0 Å². The molecule has 0 unspecified atom stereocenters. The smallest absolute Gasteiger partial charge is 0.243 e. The van der Waals surface area contributed by atoms with E-state index in [0.29, 0.717) is 28.0 Å². The third kappa shape index (κ3) is 8.10. The average molecular weight is 645 g/mol. The lowest BCUT2D eigenvalue weighted by molar-refractivity contribution is -0.116. The number of amides is 1. The zero-order valence-corrected chi connectivity index (χ0v) is 26.4. The number of methoxy groups -OCH3 is 1. The number of hydrogen-bond acceptors (Lipinski definition) is 7. The van der Waals surface area contributed by atoms with Crippen molar-refractivity contribution in [3.63, 3.8) is 0 Å². The number of anilines is 2. The summed E-state index contributed by atoms with van der Waals surface area (Å²) in [5.74, 6) is 1.29. The number of benzene rings is 4. The Morgan fingerprint density at radius 3 is 2.36 bits per heavy atom. The van der Waals surface area contributed by atoms with Crippen LogP contribution in [0, 0.1) is 6.92 Å². The number of aromatic nitrogens is 1. The summed E-state index contributed by atoms with van der Waals surface area (Å²) in [4.78, 5) is 17.8. The molecule has 0 fully saturated rings. The van der Waals surface area contributed by atoms with Crippen LogP contribution in [0.4, 0.5) is 11.4 Å². The molecule has 1 heterocycles. The van der Waals surface area contributed by atoms with Crippen molar-refractivity contribution in [2.45, 2.75) is 18.2 Å². The van der Waals surface area contributed by atoms with Gasteiger partial charge in [0.15, 0.2) is 5.75 Å². The molecule has 5 rings (SSSR count). The second-order valence-corrected chi connectivity index (χ2v) is 12.6. The Morgan fingerprint density at radius 2 is 1.60 bits per heavy atom. The molecular weight excluding hydrogens is 612 g/mol. The summed E-state index contributed by atoms with van der Waals surface area (Å²) in [5, 5.41) is 7.61. The van der Waals surface area contributed by atoms with Crippen LogP contribution >= 0.6 is 11.6 Å². The fourth-order valence-corrected chi connectivity index (χ4v) is 6.37. The van der Waals surface area contributed by atoms with Crippen LogP contribution in [0.2, 0.25) is 5.02 Å². The number of nitrogens with zero attached hydrogens (tertiary/aromatic N) is 2. The molecule has 1 aromatic heterocycles. The van der Waals surface area contributed by atoms with Crippen LogP contribution in [0.25, 0.3) is 10.9 Å². The molecule has 0 atom stereocenters. The first-order valence-corrected chi connectivity index (χ1v) is 16.1. The number of sulfonamides is 1. The van der Waals surface area contributed by atoms with Gasteiger partial charge < -0.3 is 20.1 Å². The molecule has 2 N–H and O–H groups in total. The van der Waals surface area contributed by atoms with Gasteiger partial charge in [-0.05, 0) is 79.7 Å². The Kier molecular flexibility index (Phi) is 10.2. The Morgan fingerprint density at radius 1 is 0.867 bits per heavy atom. The molecule has 0 aliphatic rings. The number of rotatable bonds is 13. The minimum Gasteiger partial charge on any atom is -0.497 e. The SMILES string of the molecule is COc1ccc(S(=O)(=O)N(CCNc2cc(C)nc3ccc(Cl)cc23)CCC(=O)Nc2ccccc2Oc2ccccc2)cc1. The Hall–Kier alpha value is -4.64. The lowest BCUT2D eigenvalue weighted by Gasteiger charge is -2.23. The minimum absolute atomic E-state index is 0.0501. The van der Waals surface area contributed by atoms with Gasteiger partial charge in [-0.1, -0.05) is 41.9 Å². The van der Waals surface area contributed by atoms with Crippen LogP contribution in [0.1, 0.15) is 12.1 Å². The zero-order chi connectivity index (χ0) is 31.8. The van der Waals surface area contributed by atoms with Gasteiger partial charge in [0.05, 0.1) is 23.2 Å². The largest absolute Gasteiger partial charge is 0.497 e. The number of aryl methyl sites for hydroxylation is 1. The summed E-state index contributed by atoms with van der Waals surface area (Å²) in [6.07, 6.45) is -0.0814. The van der Waals surface area contributed by atoms with E-state index in [2.05, 4.69) is 15.6 Å². The number of para-hydroxylation sites is 3. The van der Waals surface area contributed by atoms with Gasteiger partial charge in [0.25, 0.3) is 0 Å². The van der Waals surface area contributed by atoms with Crippen molar-refractivity contribution in [3.05, 3.63) is 114 Å². The molecular formula is C34H33ClN4O5S. The summed E-state index contributed by atoms with van der Waals surface area (Å²) in [5.41, 5.74) is 2.85. The van der Waals surface area contributed by atoms with Crippen LogP contribution in [-0.2, 0) is 14.8 Å². The van der Waals surface area contributed by atoms with Gasteiger partial charge in [-0.25, -0.2) is 8.42 Å². The molecule has 11 heteroatoms. The predicted octanol–water partition coefficient (Wildman–Crippen LogP) is 7.13. The number of carbonyl (C=O) groups is 1. The molecule has 1 amide bonds. The van der Waals surface area contributed by atoms with E-state index in [4.69, 9.17) is 21.1 Å². The van der Waals surface area contributed by atoms with Crippen LogP contribution in [-0.4, -0.2) is 50.4 Å². The Balaban J connectivity index is 1.32. The number of halogens is 1. The second kappa shape index (κ2) is 14.4. The predicted molar refractivity (Wildman–Crippen MR) is 178 cm³/mol. The first-order chi connectivity index (χ1) is 21.7.